The molecule has 3 rings (SSSR count). The highest BCUT2D eigenvalue weighted by atomic mass is 16.6. The number of hydrogen-bond acceptors (Lipinski definition) is 7. The highest BCUT2D eigenvalue weighted by Gasteiger charge is 2.34. The Balaban J connectivity index is 1.97. The SMILES string of the molecule is CC(C)(C)OC(=O)N(C(=O)OC(C)(C)C)c1ccc(C2CCOC2)c(CC2CCOCC2)n1. The average Bonchev–Trinajstić information content (AvgIpc) is 3.21. The number of ether oxygens (including phenoxy) is 4. The number of hydrogen-bond donors (Lipinski definition) is 0. The first-order valence-electron chi connectivity index (χ1n) is 11.8. The number of rotatable bonds is 4. The number of nitrogens with zero attached hydrogens (tertiary/aromatic N) is 2. The van der Waals surface area contributed by atoms with Crippen molar-refractivity contribution in [3.63, 3.8) is 0 Å². The van der Waals surface area contributed by atoms with Crippen LogP contribution in [0.5, 0.6) is 0 Å². The van der Waals surface area contributed by atoms with Crippen molar-refractivity contribution in [2.75, 3.05) is 31.3 Å². The number of carbonyl (C=O) groups excluding carboxylic acids is 2. The smallest absolute Gasteiger partial charge is 0.425 e. The second-order valence-electron chi connectivity index (χ2n) is 10.8. The molecule has 2 amide bonds. The molecule has 0 spiro atoms. The Kier molecular flexibility index (Phi) is 8.00. The molecule has 1 atom stereocenters. The van der Waals surface area contributed by atoms with Crippen molar-refractivity contribution in [2.24, 2.45) is 5.92 Å². The Morgan fingerprint density at radius 2 is 1.52 bits per heavy atom. The van der Waals surface area contributed by atoms with Crippen LogP contribution in [0.15, 0.2) is 12.1 Å². The van der Waals surface area contributed by atoms with Gasteiger partial charge < -0.3 is 18.9 Å². The van der Waals surface area contributed by atoms with Gasteiger partial charge in [-0.05, 0) is 84.8 Å². The molecular formula is C25H38N2O6. The molecule has 3 heterocycles. The van der Waals surface area contributed by atoms with Crippen LogP contribution in [0.1, 0.15) is 78.0 Å². The quantitative estimate of drug-likeness (QED) is 0.605. The number of carbonyl (C=O) groups is 2. The summed E-state index contributed by atoms with van der Waals surface area (Å²) in [4.78, 5) is 31.9. The lowest BCUT2D eigenvalue weighted by Gasteiger charge is -2.29. The third-order valence-corrected chi connectivity index (χ3v) is 5.57. The Morgan fingerprint density at radius 1 is 0.939 bits per heavy atom. The molecule has 0 radical (unpaired) electrons. The van der Waals surface area contributed by atoms with E-state index in [-0.39, 0.29) is 11.7 Å². The monoisotopic (exact) mass is 462 g/mol. The Hall–Kier alpha value is -2.19. The first-order valence-corrected chi connectivity index (χ1v) is 11.8. The number of anilines is 1. The minimum Gasteiger partial charge on any atom is -0.443 e. The van der Waals surface area contributed by atoms with E-state index in [0.29, 0.717) is 12.5 Å². The summed E-state index contributed by atoms with van der Waals surface area (Å²) in [7, 11) is 0. The summed E-state index contributed by atoms with van der Waals surface area (Å²) in [5.41, 5.74) is 0.468. The highest BCUT2D eigenvalue weighted by molar-refractivity contribution is 6.08. The van der Waals surface area contributed by atoms with E-state index in [9.17, 15) is 9.59 Å². The molecule has 2 aliphatic rings. The van der Waals surface area contributed by atoms with Gasteiger partial charge in [-0.3, -0.25) is 0 Å². The number of pyridine rings is 1. The van der Waals surface area contributed by atoms with Crippen LogP contribution < -0.4 is 4.90 Å². The summed E-state index contributed by atoms with van der Waals surface area (Å²) in [6, 6.07) is 3.67. The molecule has 2 saturated heterocycles. The van der Waals surface area contributed by atoms with Gasteiger partial charge in [0.05, 0.1) is 6.61 Å². The van der Waals surface area contributed by atoms with Gasteiger partial charge in [-0.25, -0.2) is 14.6 Å². The zero-order valence-corrected chi connectivity index (χ0v) is 20.8. The molecular weight excluding hydrogens is 424 g/mol. The number of imide groups is 1. The maximum Gasteiger partial charge on any atom is 0.425 e. The van der Waals surface area contributed by atoms with Crippen molar-refractivity contribution in [3.8, 4) is 0 Å². The van der Waals surface area contributed by atoms with E-state index in [2.05, 4.69) is 0 Å². The van der Waals surface area contributed by atoms with E-state index in [1.165, 1.54) is 0 Å². The van der Waals surface area contributed by atoms with Crippen LogP contribution in [-0.2, 0) is 25.4 Å². The first kappa shape index (κ1) is 25.4. The molecule has 0 aliphatic carbocycles. The second-order valence-corrected chi connectivity index (χ2v) is 10.8. The Morgan fingerprint density at radius 3 is 2.03 bits per heavy atom. The second kappa shape index (κ2) is 10.4. The van der Waals surface area contributed by atoms with Crippen LogP contribution >= 0.6 is 0 Å². The molecule has 1 aromatic heterocycles. The predicted octanol–water partition coefficient (Wildman–Crippen LogP) is 5.23. The van der Waals surface area contributed by atoms with Crippen LogP contribution in [0.2, 0.25) is 0 Å². The fraction of sp³-hybridized carbons (Fsp3) is 0.720. The van der Waals surface area contributed by atoms with E-state index < -0.39 is 23.4 Å². The predicted molar refractivity (Wildman–Crippen MR) is 125 cm³/mol. The van der Waals surface area contributed by atoms with E-state index in [1.807, 2.05) is 6.07 Å². The summed E-state index contributed by atoms with van der Waals surface area (Å²) in [5.74, 6) is 0.917. The standard InChI is InChI=1S/C25H38N2O6/c1-24(2,3)32-22(28)27(23(29)33-25(4,5)6)21-8-7-19(18-11-14-31-16-18)20(26-21)15-17-9-12-30-13-10-17/h7-8,17-18H,9-16H2,1-6H3. The Labute approximate surface area is 196 Å². The molecule has 1 aromatic rings. The van der Waals surface area contributed by atoms with E-state index >= 15 is 0 Å². The molecule has 33 heavy (non-hydrogen) atoms. The summed E-state index contributed by atoms with van der Waals surface area (Å²) < 4.78 is 22.2. The lowest BCUT2D eigenvalue weighted by atomic mass is 9.89. The van der Waals surface area contributed by atoms with Crippen LogP contribution in [0.4, 0.5) is 15.4 Å². The van der Waals surface area contributed by atoms with Crippen molar-refractivity contribution in [1.29, 1.82) is 0 Å². The third-order valence-electron chi connectivity index (χ3n) is 5.57. The molecule has 2 aliphatic heterocycles. The van der Waals surface area contributed by atoms with E-state index in [1.54, 1.807) is 47.6 Å². The average molecular weight is 463 g/mol. The largest absolute Gasteiger partial charge is 0.443 e. The van der Waals surface area contributed by atoms with Crippen molar-refractivity contribution in [3.05, 3.63) is 23.4 Å². The van der Waals surface area contributed by atoms with Crippen molar-refractivity contribution in [2.45, 2.75) is 84.3 Å². The zero-order chi connectivity index (χ0) is 24.2. The van der Waals surface area contributed by atoms with Gasteiger partial charge in [-0.2, -0.15) is 4.90 Å². The fourth-order valence-corrected chi connectivity index (χ4v) is 4.04. The first-order chi connectivity index (χ1) is 15.4. The van der Waals surface area contributed by atoms with Gasteiger partial charge in [0.25, 0.3) is 0 Å². The minimum atomic E-state index is -0.807. The summed E-state index contributed by atoms with van der Waals surface area (Å²) in [5, 5.41) is 0. The zero-order valence-electron chi connectivity index (χ0n) is 20.8. The van der Waals surface area contributed by atoms with Gasteiger partial charge in [0.15, 0.2) is 0 Å². The molecule has 184 valence electrons. The van der Waals surface area contributed by atoms with E-state index in [0.717, 1.165) is 61.7 Å². The topological polar surface area (TPSA) is 87.2 Å². The third kappa shape index (κ3) is 7.40. The maximum atomic E-state index is 13.1. The molecule has 0 N–H and O–H groups in total. The van der Waals surface area contributed by atoms with Crippen molar-refractivity contribution >= 4 is 18.0 Å². The number of aromatic nitrogens is 1. The molecule has 8 nitrogen and oxygen atoms in total. The molecule has 0 saturated carbocycles. The number of amides is 2. The lowest BCUT2D eigenvalue weighted by molar-refractivity contribution is 0.0429. The van der Waals surface area contributed by atoms with Gasteiger partial charge >= 0.3 is 12.2 Å². The van der Waals surface area contributed by atoms with Crippen molar-refractivity contribution in [1.82, 2.24) is 4.98 Å². The van der Waals surface area contributed by atoms with Gasteiger partial charge in [0, 0.05) is 31.4 Å². The molecule has 1 unspecified atom stereocenters. The van der Waals surface area contributed by atoms with Crippen LogP contribution in [0, 0.1) is 5.92 Å². The van der Waals surface area contributed by atoms with Crippen LogP contribution in [0.25, 0.3) is 0 Å². The normalized spacial score (nSPS) is 19.9. The van der Waals surface area contributed by atoms with Gasteiger partial charge in [-0.1, -0.05) is 6.07 Å². The molecule has 2 fully saturated rings. The molecule has 8 heteroatoms. The molecule has 0 bridgehead atoms. The summed E-state index contributed by atoms with van der Waals surface area (Å²) in [6.45, 7) is 13.4. The van der Waals surface area contributed by atoms with Crippen LogP contribution in [0.3, 0.4) is 0 Å². The minimum absolute atomic E-state index is 0.211. The van der Waals surface area contributed by atoms with Gasteiger partial charge in [0.2, 0.25) is 0 Å². The molecule has 0 aromatic carbocycles. The van der Waals surface area contributed by atoms with E-state index in [4.69, 9.17) is 23.9 Å². The summed E-state index contributed by atoms with van der Waals surface area (Å²) >= 11 is 0. The van der Waals surface area contributed by atoms with Crippen LogP contribution in [-0.4, -0.2) is 54.8 Å². The Bertz CT molecular complexity index is 802. The van der Waals surface area contributed by atoms with Crippen molar-refractivity contribution < 1.29 is 28.5 Å². The highest BCUT2D eigenvalue weighted by Crippen LogP contribution is 2.32. The van der Waals surface area contributed by atoms with Gasteiger partial charge in [-0.15, -0.1) is 0 Å². The maximum absolute atomic E-state index is 13.1. The van der Waals surface area contributed by atoms with Gasteiger partial charge in [0.1, 0.15) is 17.0 Å². The summed E-state index contributed by atoms with van der Waals surface area (Å²) in [6.07, 6.45) is 2.02. The fourth-order valence-electron chi connectivity index (χ4n) is 4.04. The lowest BCUT2D eigenvalue weighted by Crippen LogP contribution is -2.44.